The van der Waals surface area contributed by atoms with E-state index in [0.717, 1.165) is 0 Å². The lowest BCUT2D eigenvalue weighted by Gasteiger charge is -2.15. The van der Waals surface area contributed by atoms with Crippen LogP contribution >= 0.6 is 7.60 Å². The summed E-state index contributed by atoms with van der Waals surface area (Å²) >= 11 is 0. The van der Waals surface area contributed by atoms with Gasteiger partial charge in [-0.15, -0.1) is 0 Å². The highest BCUT2D eigenvalue weighted by atomic mass is 31.2. The molecule has 0 heterocycles. The molecule has 0 aliphatic heterocycles. The van der Waals surface area contributed by atoms with Gasteiger partial charge in [0.1, 0.15) is 0 Å². The monoisotopic (exact) mass is 221 g/mol. The van der Waals surface area contributed by atoms with E-state index in [1.165, 1.54) is 5.82 Å². The van der Waals surface area contributed by atoms with Crippen LogP contribution in [0, 0.1) is 5.92 Å². The highest BCUT2D eigenvalue weighted by Crippen LogP contribution is 2.50. The Morgan fingerprint density at radius 1 is 1.36 bits per heavy atom. The molecule has 14 heavy (non-hydrogen) atoms. The maximum Gasteiger partial charge on any atom is 0.355 e. The van der Waals surface area contributed by atoms with Crippen molar-refractivity contribution in [2.75, 3.05) is 13.2 Å². The Kier molecular flexibility index (Phi) is 6.09. The third kappa shape index (κ3) is 4.80. The van der Waals surface area contributed by atoms with Crippen LogP contribution in [0.1, 0.15) is 27.7 Å². The van der Waals surface area contributed by atoms with Crippen LogP contribution in [0.5, 0.6) is 0 Å². The molecule has 84 valence electrons. The molecular weight excluding hydrogens is 201 g/mol. The molecule has 0 aliphatic rings. The van der Waals surface area contributed by atoms with E-state index < -0.39 is 7.60 Å². The smallest absolute Gasteiger partial charge is 0.355 e. The maximum absolute atomic E-state index is 11.9. The largest absolute Gasteiger partial charge is 0.402 e. The zero-order valence-corrected chi connectivity index (χ0v) is 10.2. The van der Waals surface area contributed by atoms with Gasteiger partial charge in [-0.1, -0.05) is 13.8 Å². The molecule has 0 aromatic heterocycles. The van der Waals surface area contributed by atoms with Crippen LogP contribution in [-0.2, 0) is 13.6 Å². The van der Waals surface area contributed by atoms with E-state index in [9.17, 15) is 4.57 Å². The van der Waals surface area contributed by atoms with Crippen LogP contribution in [-0.4, -0.2) is 13.2 Å². The lowest BCUT2D eigenvalue weighted by molar-refractivity contribution is 0.228. The van der Waals surface area contributed by atoms with Crippen molar-refractivity contribution in [3.05, 3.63) is 11.5 Å². The molecule has 0 radical (unpaired) electrons. The molecule has 4 nitrogen and oxygen atoms in total. The molecule has 0 aliphatic carbocycles. The van der Waals surface area contributed by atoms with Crippen molar-refractivity contribution in [2.45, 2.75) is 27.7 Å². The first kappa shape index (κ1) is 13.7. The molecule has 0 aromatic rings. The quantitative estimate of drug-likeness (QED) is 0.700. The minimum absolute atomic E-state index is 0.143. The summed E-state index contributed by atoms with van der Waals surface area (Å²) < 4.78 is 22.1. The number of nitrogens with two attached hydrogens (primary N) is 1. The lowest BCUT2D eigenvalue weighted by Crippen LogP contribution is -2.06. The summed E-state index contributed by atoms with van der Waals surface area (Å²) in [6.45, 7) is 8.08. The summed E-state index contributed by atoms with van der Waals surface area (Å²) in [6, 6.07) is 0. The summed E-state index contributed by atoms with van der Waals surface area (Å²) in [7, 11) is -3.12. The average Bonchev–Trinajstić information content (AvgIpc) is 2.04. The SMILES string of the molecule is CCOP(=O)(/C=C(\N)C(C)C)OCC. The molecule has 0 amide bonds. The summed E-state index contributed by atoms with van der Waals surface area (Å²) in [5.74, 6) is 1.55. The summed E-state index contributed by atoms with van der Waals surface area (Å²) in [6.07, 6.45) is 0. The van der Waals surface area contributed by atoms with E-state index >= 15 is 0 Å². The minimum Gasteiger partial charge on any atom is -0.402 e. The molecule has 0 rings (SSSR count). The van der Waals surface area contributed by atoms with Gasteiger partial charge in [0, 0.05) is 11.5 Å². The maximum atomic E-state index is 11.9. The second-order valence-corrected chi connectivity index (χ2v) is 5.01. The van der Waals surface area contributed by atoms with E-state index in [1.54, 1.807) is 13.8 Å². The number of hydrogen-bond donors (Lipinski definition) is 1. The van der Waals surface area contributed by atoms with Gasteiger partial charge in [0.25, 0.3) is 0 Å². The Morgan fingerprint density at radius 2 is 1.79 bits per heavy atom. The summed E-state index contributed by atoms with van der Waals surface area (Å²) in [5.41, 5.74) is 6.23. The van der Waals surface area contributed by atoms with Gasteiger partial charge >= 0.3 is 7.60 Å². The first-order valence-electron chi connectivity index (χ1n) is 4.82. The third-order valence-corrected chi connectivity index (χ3v) is 3.44. The molecule has 0 saturated carbocycles. The van der Waals surface area contributed by atoms with Crippen LogP contribution in [0.15, 0.2) is 11.5 Å². The zero-order chi connectivity index (χ0) is 11.2. The highest BCUT2D eigenvalue weighted by Gasteiger charge is 2.21. The highest BCUT2D eigenvalue weighted by molar-refractivity contribution is 7.57. The van der Waals surface area contributed by atoms with Crippen molar-refractivity contribution < 1.29 is 13.6 Å². The second-order valence-electron chi connectivity index (χ2n) is 3.16. The fourth-order valence-electron chi connectivity index (χ4n) is 0.803. The van der Waals surface area contributed by atoms with Crippen molar-refractivity contribution in [2.24, 2.45) is 11.7 Å². The average molecular weight is 221 g/mol. The van der Waals surface area contributed by atoms with Gasteiger partial charge in [-0.05, 0) is 19.8 Å². The first-order valence-corrected chi connectivity index (χ1v) is 6.43. The van der Waals surface area contributed by atoms with E-state index in [2.05, 4.69) is 0 Å². The fraction of sp³-hybridized carbons (Fsp3) is 0.778. The molecule has 0 fully saturated rings. The topological polar surface area (TPSA) is 61.5 Å². The van der Waals surface area contributed by atoms with E-state index in [4.69, 9.17) is 14.8 Å². The lowest BCUT2D eigenvalue weighted by atomic mass is 10.2. The van der Waals surface area contributed by atoms with Crippen LogP contribution in [0.3, 0.4) is 0 Å². The Hall–Kier alpha value is -0.310. The van der Waals surface area contributed by atoms with Crippen molar-refractivity contribution >= 4 is 7.60 Å². The molecule has 0 spiro atoms. The number of allylic oxidation sites excluding steroid dienone is 1. The van der Waals surface area contributed by atoms with Crippen molar-refractivity contribution in [3.63, 3.8) is 0 Å². The van der Waals surface area contributed by atoms with Crippen LogP contribution in [0.4, 0.5) is 0 Å². The van der Waals surface area contributed by atoms with Gasteiger partial charge in [-0.2, -0.15) is 0 Å². The Labute approximate surface area is 86.0 Å². The normalized spacial score (nSPS) is 13.6. The number of hydrogen-bond acceptors (Lipinski definition) is 4. The molecular formula is C9H20NO3P. The zero-order valence-electron chi connectivity index (χ0n) is 9.32. The molecule has 0 aromatic carbocycles. The third-order valence-electron chi connectivity index (χ3n) is 1.59. The van der Waals surface area contributed by atoms with Crippen molar-refractivity contribution in [1.82, 2.24) is 0 Å². The van der Waals surface area contributed by atoms with Gasteiger partial charge in [0.05, 0.1) is 13.2 Å². The first-order chi connectivity index (χ1) is 6.45. The van der Waals surface area contributed by atoms with Crippen LogP contribution in [0.25, 0.3) is 0 Å². The van der Waals surface area contributed by atoms with E-state index in [1.807, 2.05) is 13.8 Å². The summed E-state index contributed by atoms with van der Waals surface area (Å²) in [5, 5.41) is 0. The molecule has 2 N–H and O–H groups in total. The predicted molar refractivity (Wildman–Crippen MR) is 58.0 cm³/mol. The van der Waals surface area contributed by atoms with Gasteiger partial charge < -0.3 is 14.8 Å². The Balaban J connectivity index is 4.66. The second kappa shape index (κ2) is 6.23. The Bertz CT molecular complexity index is 228. The summed E-state index contributed by atoms with van der Waals surface area (Å²) in [4.78, 5) is 0. The van der Waals surface area contributed by atoms with Gasteiger partial charge in [-0.3, -0.25) is 4.57 Å². The van der Waals surface area contributed by atoms with Gasteiger partial charge in [0.2, 0.25) is 0 Å². The predicted octanol–water partition coefficient (Wildman–Crippen LogP) is 2.71. The van der Waals surface area contributed by atoms with Crippen LogP contribution < -0.4 is 5.73 Å². The number of rotatable bonds is 6. The van der Waals surface area contributed by atoms with Crippen LogP contribution in [0.2, 0.25) is 0 Å². The minimum atomic E-state index is -3.12. The van der Waals surface area contributed by atoms with Crippen molar-refractivity contribution in [3.8, 4) is 0 Å². The molecule has 0 unspecified atom stereocenters. The van der Waals surface area contributed by atoms with Gasteiger partial charge in [-0.25, -0.2) is 0 Å². The Morgan fingerprint density at radius 3 is 2.07 bits per heavy atom. The molecule has 0 saturated heterocycles. The van der Waals surface area contributed by atoms with E-state index in [-0.39, 0.29) is 5.92 Å². The molecule has 5 heteroatoms. The molecule has 0 bridgehead atoms. The van der Waals surface area contributed by atoms with E-state index in [0.29, 0.717) is 18.9 Å². The van der Waals surface area contributed by atoms with Crippen molar-refractivity contribution in [1.29, 1.82) is 0 Å². The fourth-order valence-corrected chi connectivity index (χ4v) is 2.41. The standard InChI is InChI=1S/C9H20NO3P/c1-5-12-14(11,13-6-2)7-9(10)8(3)4/h7-8H,5-6,10H2,1-4H3/b9-7-. The van der Waals surface area contributed by atoms with Gasteiger partial charge in [0.15, 0.2) is 0 Å². The molecule has 0 atom stereocenters.